The molecule has 2 rings (SSSR count). The van der Waals surface area contributed by atoms with Crippen molar-refractivity contribution in [1.29, 1.82) is 0 Å². The summed E-state index contributed by atoms with van der Waals surface area (Å²) in [5, 5.41) is 5.13. The highest BCUT2D eigenvalue weighted by molar-refractivity contribution is 6.04. The molecule has 3 amide bonds. The van der Waals surface area contributed by atoms with Gasteiger partial charge >= 0.3 is 12.1 Å². The fraction of sp³-hybridized carbons (Fsp3) is 0.600. The van der Waals surface area contributed by atoms with Crippen LogP contribution in [0.3, 0.4) is 0 Å². The van der Waals surface area contributed by atoms with Crippen LogP contribution in [0, 0.1) is 0 Å². The molecule has 0 unspecified atom stereocenters. The van der Waals surface area contributed by atoms with Gasteiger partial charge in [0, 0.05) is 6.54 Å². The van der Waals surface area contributed by atoms with Crippen LogP contribution >= 0.6 is 0 Å². The number of carbonyl (C=O) groups is 4. The monoisotopic (exact) mass is 491 g/mol. The summed E-state index contributed by atoms with van der Waals surface area (Å²) in [7, 11) is 0. The molecule has 0 saturated carbocycles. The maximum absolute atomic E-state index is 13.7. The lowest BCUT2D eigenvalue weighted by molar-refractivity contribution is -0.144. The van der Waals surface area contributed by atoms with Gasteiger partial charge in [-0.15, -0.1) is 0 Å². The fourth-order valence-corrected chi connectivity index (χ4v) is 3.47. The second-order valence-corrected chi connectivity index (χ2v) is 9.11. The molecule has 10 heteroatoms. The van der Waals surface area contributed by atoms with Crippen LogP contribution in [0.15, 0.2) is 30.3 Å². The Bertz CT molecular complexity index is 885. The van der Waals surface area contributed by atoms with Crippen LogP contribution < -0.4 is 10.3 Å². The quantitative estimate of drug-likeness (QED) is 0.303. The number of hydrogen-bond acceptors (Lipinski definition) is 7. The summed E-state index contributed by atoms with van der Waals surface area (Å²) >= 11 is 0. The molecule has 35 heavy (non-hydrogen) atoms. The van der Waals surface area contributed by atoms with Gasteiger partial charge in [0.15, 0.2) is 12.2 Å². The number of carbonyl (C=O) groups excluding carboxylic acids is 4. The van der Waals surface area contributed by atoms with Crippen LogP contribution in [-0.4, -0.2) is 65.9 Å². The van der Waals surface area contributed by atoms with Crippen LogP contribution in [0.4, 0.5) is 10.5 Å². The molecule has 1 saturated heterocycles. The van der Waals surface area contributed by atoms with E-state index in [1.54, 1.807) is 65.0 Å². The van der Waals surface area contributed by atoms with Gasteiger partial charge in [-0.1, -0.05) is 38.0 Å². The molecular weight excluding hydrogens is 454 g/mol. The molecule has 1 heterocycles. The lowest BCUT2D eigenvalue weighted by atomic mass is 10.1. The number of anilines is 1. The Labute approximate surface area is 206 Å². The van der Waals surface area contributed by atoms with E-state index in [1.807, 2.05) is 6.92 Å². The summed E-state index contributed by atoms with van der Waals surface area (Å²) in [6.45, 7) is 10.9. The van der Waals surface area contributed by atoms with Crippen molar-refractivity contribution in [3.63, 3.8) is 0 Å². The summed E-state index contributed by atoms with van der Waals surface area (Å²) in [5.41, 5.74) is -0.304. The number of para-hydroxylation sites is 1. The van der Waals surface area contributed by atoms with Crippen molar-refractivity contribution in [2.45, 2.75) is 84.7 Å². The van der Waals surface area contributed by atoms with Crippen molar-refractivity contribution in [2.24, 2.45) is 0 Å². The zero-order valence-electron chi connectivity index (χ0n) is 21.4. The number of rotatable bonds is 10. The Morgan fingerprint density at radius 3 is 2.26 bits per heavy atom. The third-order valence-electron chi connectivity index (χ3n) is 5.09. The van der Waals surface area contributed by atoms with E-state index < -0.39 is 47.7 Å². The minimum Gasteiger partial charge on any atom is -0.464 e. The van der Waals surface area contributed by atoms with Gasteiger partial charge in [0.1, 0.15) is 11.6 Å². The second kappa shape index (κ2) is 12.5. The summed E-state index contributed by atoms with van der Waals surface area (Å²) < 4.78 is 15.6. The topological polar surface area (TPSA) is 118 Å². The third kappa shape index (κ3) is 7.95. The normalized spacial score (nSPS) is 17.7. The number of likely N-dealkylation sites (N-methyl/N-ethyl adjacent to an activating group) is 1. The van der Waals surface area contributed by atoms with Crippen molar-refractivity contribution in [1.82, 2.24) is 10.3 Å². The highest BCUT2D eigenvalue weighted by atomic mass is 16.6. The number of amides is 3. The maximum atomic E-state index is 13.7. The van der Waals surface area contributed by atoms with Gasteiger partial charge in [-0.05, 0) is 53.2 Å². The van der Waals surface area contributed by atoms with Crippen LogP contribution in [0.1, 0.15) is 60.8 Å². The minimum absolute atomic E-state index is 0.134. The van der Waals surface area contributed by atoms with Crippen molar-refractivity contribution in [2.75, 3.05) is 18.2 Å². The lowest BCUT2D eigenvalue weighted by Gasteiger charge is -2.36. The summed E-state index contributed by atoms with van der Waals surface area (Å²) in [6, 6.07) is 7.70. The van der Waals surface area contributed by atoms with E-state index in [9.17, 15) is 19.2 Å². The molecule has 0 radical (unpaired) electrons. The zero-order chi connectivity index (χ0) is 26.2. The molecule has 0 spiro atoms. The minimum atomic E-state index is -1.07. The molecule has 3 atom stereocenters. The summed E-state index contributed by atoms with van der Waals surface area (Å²) in [5.74, 6) is -1.67. The second-order valence-electron chi connectivity index (χ2n) is 9.11. The van der Waals surface area contributed by atoms with Gasteiger partial charge in [-0.2, -0.15) is 0 Å². The Kier molecular flexibility index (Phi) is 10.1. The molecule has 1 aliphatic heterocycles. The Morgan fingerprint density at radius 1 is 1.06 bits per heavy atom. The van der Waals surface area contributed by atoms with E-state index in [1.165, 1.54) is 10.0 Å². The Morgan fingerprint density at radius 2 is 1.71 bits per heavy atom. The van der Waals surface area contributed by atoms with Gasteiger partial charge in [-0.25, -0.2) is 19.6 Å². The summed E-state index contributed by atoms with van der Waals surface area (Å²) in [6.07, 6.45) is -0.937. The number of hydrogen-bond donors (Lipinski definition) is 1. The van der Waals surface area contributed by atoms with Gasteiger partial charge in [0.05, 0.1) is 12.3 Å². The standard InChI is InChI=1S/C25H37N3O7/c1-7-10-16-18(26-24(32)35-25(4,5)6)21(29)27(8-2)28(17-14-12-11-13-15-17)22(30)19-20(34-19)23(31)33-9-3/h11-15,18-20H,7-10,16H2,1-6H3,(H,26,32)/t18-,19-,20-/m0/s1. The van der Waals surface area contributed by atoms with Gasteiger partial charge in [0.2, 0.25) is 0 Å². The number of epoxide rings is 1. The van der Waals surface area contributed by atoms with Crippen LogP contribution in [0.2, 0.25) is 0 Å². The predicted molar refractivity (Wildman–Crippen MR) is 129 cm³/mol. The molecule has 1 aromatic rings. The van der Waals surface area contributed by atoms with E-state index in [0.29, 0.717) is 18.5 Å². The number of hydrazine groups is 1. The van der Waals surface area contributed by atoms with E-state index in [0.717, 1.165) is 6.42 Å². The van der Waals surface area contributed by atoms with Crippen molar-refractivity contribution < 1.29 is 33.4 Å². The maximum Gasteiger partial charge on any atom is 0.408 e. The first-order valence-corrected chi connectivity index (χ1v) is 12.1. The van der Waals surface area contributed by atoms with E-state index in [4.69, 9.17) is 14.2 Å². The lowest BCUT2D eigenvalue weighted by Crippen LogP contribution is -2.58. The molecule has 0 bridgehead atoms. The number of unbranched alkanes of at least 4 members (excludes halogenated alkanes) is 1. The molecule has 1 aromatic carbocycles. The first-order chi connectivity index (χ1) is 16.5. The fourth-order valence-electron chi connectivity index (χ4n) is 3.47. The summed E-state index contributed by atoms with van der Waals surface area (Å²) in [4.78, 5) is 51.7. The van der Waals surface area contributed by atoms with Crippen LogP contribution in [0.5, 0.6) is 0 Å². The van der Waals surface area contributed by atoms with Gasteiger partial charge in [-0.3, -0.25) is 9.59 Å². The van der Waals surface area contributed by atoms with Crippen molar-refractivity contribution >= 4 is 29.6 Å². The largest absolute Gasteiger partial charge is 0.464 e. The molecule has 0 aliphatic carbocycles. The molecule has 1 N–H and O–H groups in total. The number of benzene rings is 1. The zero-order valence-corrected chi connectivity index (χ0v) is 21.4. The highest BCUT2D eigenvalue weighted by Crippen LogP contribution is 2.29. The molecule has 0 aromatic heterocycles. The number of ether oxygens (including phenoxy) is 3. The number of alkyl carbamates (subject to hydrolysis) is 1. The molecule has 1 fully saturated rings. The first-order valence-electron chi connectivity index (χ1n) is 12.1. The van der Waals surface area contributed by atoms with Gasteiger partial charge < -0.3 is 19.5 Å². The number of nitrogens with zero attached hydrogens (tertiary/aromatic N) is 2. The average molecular weight is 492 g/mol. The van der Waals surface area contributed by atoms with E-state index in [-0.39, 0.29) is 13.2 Å². The SMILES string of the molecule is CCCC[C@H](NC(=O)OC(C)(C)C)C(=O)N(CC)N(C(=O)[C@H]1O[C@@H]1C(=O)OCC)c1ccccc1. The highest BCUT2D eigenvalue weighted by Gasteiger charge is 2.54. The van der Waals surface area contributed by atoms with Gasteiger partial charge in [0.25, 0.3) is 11.8 Å². The van der Waals surface area contributed by atoms with E-state index >= 15 is 0 Å². The molecule has 10 nitrogen and oxygen atoms in total. The molecule has 1 aliphatic rings. The van der Waals surface area contributed by atoms with Crippen LogP contribution in [0.25, 0.3) is 0 Å². The first kappa shape index (κ1) is 28.1. The molecule has 194 valence electrons. The third-order valence-corrected chi connectivity index (χ3v) is 5.09. The number of esters is 1. The number of nitrogens with one attached hydrogen (secondary N) is 1. The van der Waals surface area contributed by atoms with Crippen molar-refractivity contribution in [3.05, 3.63) is 30.3 Å². The van der Waals surface area contributed by atoms with Crippen molar-refractivity contribution in [3.8, 4) is 0 Å². The average Bonchev–Trinajstić information content (AvgIpc) is 3.60. The smallest absolute Gasteiger partial charge is 0.408 e. The predicted octanol–water partition coefficient (Wildman–Crippen LogP) is 3.20. The Hall–Kier alpha value is -3.14. The van der Waals surface area contributed by atoms with E-state index in [2.05, 4.69) is 5.32 Å². The van der Waals surface area contributed by atoms with Crippen LogP contribution in [-0.2, 0) is 28.6 Å². The Balaban J connectivity index is 2.33. The molecular formula is C25H37N3O7.